The number of sulfonamides is 1. The van der Waals surface area contributed by atoms with Crippen molar-refractivity contribution in [2.24, 2.45) is 0 Å². The van der Waals surface area contributed by atoms with Crippen LogP contribution in [-0.4, -0.2) is 29.7 Å². The molecule has 8 heteroatoms. The topological polar surface area (TPSA) is 96.8 Å². The van der Waals surface area contributed by atoms with Crippen LogP contribution in [0.4, 0.5) is 0 Å². The van der Waals surface area contributed by atoms with Crippen molar-refractivity contribution in [1.29, 1.82) is 0 Å². The first-order valence-electron chi connectivity index (χ1n) is 5.24. The van der Waals surface area contributed by atoms with Gasteiger partial charge in [-0.15, -0.1) is 0 Å². The van der Waals surface area contributed by atoms with Crippen LogP contribution in [0.3, 0.4) is 0 Å². The molecular formula is C10H12N4O3S. The maximum absolute atomic E-state index is 11.8. The molecule has 0 fully saturated rings. The van der Waals surface area contributed by atoms with E-state index in [4.69, 9.17) is 0 Å². The molecule has 0 aromatic carbocycles. The molecule has 18 heavy (non-hydrogen) atoms. The zero-order chi connectivity index (χ0) is 13.0. The van der Waals surface area contributed by atoms with Crippen LogP contribution in [-0.2, 0) is 16.6 Å². The van der Waals surface area contributed by atoms with Crippen molar-refractivity contribution in [3.63, 3.8) is 0 Å². The molecule has 0 aliphatic heterocycles. The van der Waals surface area contributed by atoms with Crippen molar-refractivity contribution in [1.82, 2.24) is 19.5 Å². The molecule has 0 bridgehead atoms. The Bertz CT molecular complexity index is 640. The molecule has 0 aliphatic carbocycles. The highest BCUT2D eigenvalue weighted by molar-refractivity contribution is 7.89. The number of hydrogen-bond donors (Lipinski definition) is 2. The first-order chi connectivity index (χ1) is 8.58. The Morgan fingerprint density at radius 2 is 2.22 bits per heavy atom. The molecule has 0 radical (unpaired) electrons. The van der Waals surface area contributed by atoms with E-state index in [0.29, 0.717) is 6.54 Å². The van der Waals surface area contributed by atoms with E-state index in [1.54, 1.807) is 23.1 Å². The van der Waals surface area contributed by atoms with Crippen molar-refractivity contribution >= 4 is 10.0 Å². The van der Waals surface area contributed by atoms with Crippen LogP contribution in [0, 0.1) is 0 Å². The molecule has 2 rings (SSSR count). The maximum Gasteiger partial charge on any atom is 0.247 e. The number of aromatic nitrogens is 3. The molecule has 2 aromatic heterocycles. The van der Waals surface area contributed by atoms with E-state index in [-0.39, 0.29) is 17.0 Å². The van der Waals surface area contributed by atoms with Gasteiger partial charge in [0, 0.05) is 31.2 Å². The Kier molecular flexibility index (Phi) is 3.58. The number of pyridine rings is 1. The van der Waals surface area contributed by atoms with Crippen LogP contribution in [0.25, 0.3) is 0 Å². The summed E-state index contributed by atoms with van der Waals surface area (Å²) in [6.45, 7) is 0.665. The van der Waals surface area contributed by atoms with E-state index in [9.17, 15) is 13.2 Å². The number of H-pyrrole nitrogens is 1. The standard InChI is InChI=1S/C10H12N4O3S/c15-10-3-2-9(8-11-10)18(16,17)13-5-7-14-6-1-4-12-14/h1-4,6,8,13H,5,7H2,(H,11,15). The summed E-state index contributed by atoms with van der Waals surface area (Å²) in [4.78, 5) is 13.2. The minimum Gasteiger partial charge on any atom is -0.328 e. The van der Waals surface area contributed by atoms with E-state index in [1.807, 2.05) is 0 Å². The highest BCUT2D eigenvalue weighted by Crippen LogP contribution is 2.03. The van der Waals surface area contributed by atoms with Crippen molar-refractivity contribution in [2.45, 2.75) is 11.4 Å². The normalized spacial score (nSPS) is 11.6. The number of nitrogens with one attached hydrogen (secondary N) is 2. The van der Waals surface area contributed by atoms with Crippen LogP contribution in [0.15, 0.2) is 46.5 Å². The lowest BCUT2D eigenvalue weighted by Crippen LogP contribution is -2.28. The molecule has 2 aromatic rings. The predicted octanol–water partition coefficient (Wildman–Crippen LogP) is -0.450. The highest BCUT2D eigenvalue weighted by atomic mass is 32.2. The molecule has 0 aliphatic rings. The molecule has 0 saturated heterocycles. The van der Waals surface area contributed by atoms with E-state index in [1.165, 1.54) is 18.3 Å². The first kappa shape index (κ1) is 12.5. The van der Waals surface area contributed by atoms with Gasteiger partial charge in [-0.3, -0.25) is 9.48 Å². The molecular weight excluding hydrogens is 256 g/mol. The smallest absolute Gasteiger partial charge is 0.247 e. The second-order valence-corrected chi connectivity index (χ2v) is 5.32. The highest BCUT2D eigenvalue weighted by Gasteiger charge is 2.12. The summed E-state index contributed by atoms with van der Waals surface area (Å²) in [6.07, 6.45) is 4.53. The summed E-state index contributed by atoms with van der Waals surface area (Å²) in [5, 5.41) is 3.95. The third-order valence-electron chi connectivity index (χ3n) is 2.26. The molecule has 0 atom stereocenters. The Hall–Kier alpha value is -1.93. The van der Waals surface area contributed by atoms with Gasteiger partial charge in [0.2, 0.25) is 15.6 Å². The van der Waals surface area contributed by atoms with Gasteiger partial charge in [-0.25, -0.2) is 13.1 Å². The number of nitrogens with zero attached hydrogens (tertiary/aromatic N) is 2. The summed E-state index contributed by atoms with van der Waals surface area (Å²) in [5.41, 5.74) is -0.342. The molecule has 7 nitrogen and oxygen atoms in total. The number of aromatic amines is 1. The van der Waals surface area contributed by atoms with Crippen LogP contribution in [0.1, 0.15) is 0 Å². The van der Waals surface area contributed by atoms with Gasteiger partial charge in [0.15, 0.2) is 0 Å². The largest absolute Gasteiger partial charge is 0.328 e. The summed E-state index contributed by atoms with van der Waals surface area (Å²) in [5.74, 6) is 0. The molecule has 0 saturated carbocycles. The van der Waals surface area contributed by atoms with Crippen molar-refractivity contribution in [2.75, 3.05) is 6.54 Å². The average molecular weight is 268 g/mol. The van der Waals surface area contributed by atoms with E-state index in [2.05, 4.69) is 14.8 Å². The second-order valence-electron chi connectivity index (χ2n) is 3.56. The zero-order valence-corrected chi connectivity index (χ0v) is 10.2. The molecule has 2 heterocycles. The molecule has 96 valence electrons. The Morgan fingerprint density at radius 1 is 1.39 bits per heavy atom. The van der Waals surface area contributed by atoms with E-state index in [0.717, 1.165) is 0 Å². The number of hydrogen-bond acceptors (Lipinski definition) is 4. The summed E-state index contributed by atoms with van der Waals surface area (Å²) < 4.78 is 27.7. The molecule has 0 amide bonds. The van der Waals surface area contributed by atoms with Crippen LogP contribution < -0.4 is 10.3 Å². The Morgan fingerprint density at radius 3 is 2.83 bits per heavy atom. The van der Waals surface area contributed by atoms with Gasteiger partial charge in [0.1, 0.15) is 0 Å². The van der Waals surface area contributed by atoms with Crippen molar-refractivity contribution < 1.29 is 8.42 Å². The first-order valence-corrected chi connectivity index (χ1v) is 6.72. The summed E-state index contributed by atoms with van der Waals surface area (Å²) >= 11 is 0. The maximum atomic E-state index is 11.8. The number of rotatable bonds is 5. The third-order valence-corrected chi connectivity index (χ3v) is 3.72. The fourth-order valence-electron chi connectivity index (χ4n) is 1.37. The molecule has 2 N–H and O–H groups in total. The van der Waals surface area contributed by atoms with Gasteiger partial charge in [0.25, 0.3) is 0 Å². The Balaban J connectivity index is 1.99. The second kappa shape index (κ2) is 5.15. The SMILES string of the molecule is O=c1ccc(S(=O)(=O)NCCn2cccn2)c[nH]1. The van der Waals surface area contributed by atoms with Crippen molar-refractivity contribution in [3.05, 3.63) is 47.1 Å². The molecule has 0 unspecified atom stereocenters. The molecule has 0 spiro atoms. The lowest BCUT2D eigenvalue weighted by atomic mass is 10.5. The summed E-state index contributed by atoms with van der Waals surface area (Å²) in [7, 11) is -3.59. The monoisotopic (exact) mass is 268 g/mol. The fraction of sp³-hybridized carbons (Fsp3) is 0.200. The minimum atomic E-state index is -3.59. The van der Waals surface area contributed by atoms with Gasteiger partial charge in [-0.2, -0.15) is 5.10 Å². The van der Waals surface area contributed by atoms with Crippen molar-refractivity contribution in [3.8, 4) is 0 Å². The zero-order valence-electron chi connectivity index (χ0n) is 9.41. The Labute approximate surface area is 104 Å². The van der Waals surface area contributed by atoms with Gasteiger partial charge in [-0.05, 0) is 12.1 Å². The quantitative estimate of drug-likeness (QED) is 0.767. The van der Waals surface area contributed by atoms with E-state index < -0.39 is 10.0 Å². The van der Waals surface area contributed by atoms with Crippen LogP contribution in [0.2, 0.25) is 0 Å². The average Bonchev–Trinajstić information content (AvgIpc) is 2.82. The van der Waals surface area contributed by atoms with Crippen LogP contribution >= 0.6 is 0 Å². The van der Waals surface area contributed by atoms with Gasteiger partial charge in [-0.1, -0.05) is 0 Å². The summed E-state index contributed by atoms with van der Waals surface area (Å²) in [6, 6.07) is 4.19. The van der Waals surface area contributed by atoms with Gasteiger partial charge < -0.3 is 4.98 Å². The van der Waals surface area contributed by atoms with Gasteiger partial charge in [0.05, 0.1) is 11.4 Å². The third kappa shape index (κ3) is 3.05. The van der Waals surface area contributed by atoms with Gasteiger partial charge >= 0.3 is 0 Å². The fourth-order valence-corrected chi connectivity index (χ4v) is 2.36. The van der Waals surface area contributed by atoms with Crippen LogP contribution in [0.5, 0.6) is 0 Å². The van der Waals surface area contributed by atoms with E-state index >= 15 is 0 Å². The minimum absolute atomic E-state index is 0.0302. The lowest BCUT2D eigenvalue weighted by molar-refractivity contribution is 0.560. The predicted molar refractivity (Wildman–Crippen MR) is 64.5 cm³/mol. The lowest BCUT2D eigenvalue weighted by Gasteiger charge is -2.06.